The van der Waals surface area contributed by atoms with Gasteiger partial charge in [-0.3, -0.25) is 0 Å². The van der Waals surface area contributed by atoms with Gasteiger partial charge in [-0.1, -0.05) is 24.6 Å². The van der Waals surface area contributed by atoms with Crippen molar-refractivity contribution in [2.45, 2.75) is 65.2 Å². The summed E-state index contributed by atoms with van der Waals surface area (Å²) in [4.78, 5) is 0. The first-order valence-corrected chi connectivity index (χ1v) is 6.86. The van der Waals surface area contributed by atoms with Crippen LogP contribution in [0.4, 0.5) is 0 Å². The van der Waals surface area contributed by atoms with Crippen LogP contribution in [-0.2, 0) is 4.74 Å². The molecule has 2 atom stereocenters. The van der Waals surface area contributed by atoms with E-state index in [1.807, 2.05) is 0 Å². The van der Waals surface area contributed by atoms with Gasteiger partial charge in [0, 0.05) is 6.04 Å². The summed E-state index contributed by atoms with van der Waals surface area (Å²) in [7, 11) is 0. The van der Waals surface area contributed by atoms with Gasteiger partial charge in [0.15, 0.2) is 0 Å². The van der Waals surface area contributed by atoms with E-state index in [0.717, 1.165) is 6.54 Å². The molecule has 0 aromatic heterocycles. The van der Waals surface area contributed by atoms with Gasteiger partial charge in [0.2, 0.25) is 0 Å². The van der Waals surface area contributed by atoms with Crippen LogP contribution in [0.2, 0.25) is 0 Å². The number of piperidine rings is 1. The van der Waals surface area contributed by atoms with Crippen LogP contribution >= 0.6 is 0 Å². The van der Waals surface area contributed by atoms with Crippen LogP contribution in [0, 0.1) is 0 Å². The molecule has 0 saturated carbocycles. The average Bonchev–Trinajstić information content (AvgIpc) is 2.34. The first kappa shape index (κ1) is 14.5. The molecule has 0 radical (unpaired) electrons. The number of hydrogen-bond donors (Lipinski definition) is 1. The summed E-state index contributed by atoms with van der Waals surface area (Å²) in [5, 5.41) is 3.60. The Hall–Kier alpha value is -0.600. The Morgan fingerprint density at radius 2 is 2.06 bits per heavy atom. The number of allylic oxidation sites excluding steroid dienone is 2. The summed E-state index contributed by atoms with van der Waals surface area (Å²) in [6.45, 7) is 9.49. The van der Waals surface area contributed by atoms with Crippen LogP contribution in [0.1, 0.15) is 47.0 Å². The molecule has 0 aliphatic carbocycles. The molecule has 17 heavy (non-hydrogen) atoms. The maximum absolute atomic E-state index is 6.11. The van der Waals surface area contributed by atoms with Crippen LogP contribution < -0.4 is 5.32 Å². The van der Waals surface area contributed by atoms with E-state index >= 15 is 0 Å². The number of hydrogen-bond acceptors (Lipinski definition) is 2. The fourth-order valence-corrected chi connectivity index (χ4v) is 2.38. The maximum Gasteiger partial charge on any atom is 0.0977 e. The molecule has 2 nitrogen and oxygen atoms in total. The molecule has 98 valence electrons. The highest BCUT2D eigenvalue weighted by Gasteiger charge is 2.26. The van der Waals surface area contributed by atoms with E-state index in [4.69, 9.17) is 4.74 Å². The third-order valence-corrected chi connectivity index (χ3v) is 3.15. The van der Waals surface area contributed by atoms with Crippen molar-refractivity contribution in [3.8, 4) is 0 Å². The molecule has 0 aromatic carbocycles. The van der Waals surface area contributed by atoms with Gasteiger partial charge in [-0.05, 0) is 52.7 Å². The van der Waals surface area contributed by atoms with Gasteiger partial charge in [-0.25, -0.2) is 0 Å². The highest BCUT2D eigenvalue weighted by molar-refractivity contribution is 5.24. The fourth-order valence-electron chi connectivity index (χ4n) is 2.38. The zero-order chi connectivity index (χ0) is 12.7. The molecule has 1 rings (SSSR count). The Morgan fingerprint density at radius 1 is 1.29 bits per heavy atom. The minimum Gasteiger partial charge on any atom is -0.369 e. The van der Waals surface area contributed by atoms with Crippen molar-refractivity contribution in [1.82, 2.24) is 5.32 Å². The summed E-state index contributed by atoms with van der Waals surface area (Å²) in [6, 6.07) is 0.466. The van der Waals surface area contributed by atoms with E-state index in [9.17, 15) is 0 Å². The van der Waals surface area contributed by atoms with Crippen molar-refractivity contribution in [3.05, 3.63) is 23.8 Å². The van der Waals surface area contributed by atoms with E-state index < -0.39 is 0 Å². The lowest BCUT2D eigenvalue weighted by Gasteiger charge is -2.33. The van der Waals surface area contributed by atoms with E-state index in [-0.39, 0.29) is 12.2 Å². The molecule has 1 heterocycles. The number of ether oxygens (including phenoxy) is 1. The second-order valence-corrected chi connectivity index (χ2v) is 4.95. The van der Waals surface area contributed by atoms with E-state index in [1.165, 1.54) is 24.8 Å². The smallest absolute Gasteiger partial charge is 0.0977 e. The van der Waals surface area contributed by atoms with E-state index in [1.54, 1.807) is 0 Å². The van der Waals surface area contributed by atoms with Gasteiger partial charge in [0.25, 0.3) is 0 Å². The normalized spacial score (nSPS) is 24.5. The average molecular weight is 237 g/mol. The zero-order valence-corrected chi connectivity index (χ0v) is 11.7. The third-order valence-electron chi connectivity index (χ3n) is 3.15. The van der Waals surface area contributed by atoms with Gasteiger partial charge >= 0.3 is 0 Å². The molecule has 0 bridgehead atoms. The lowest BCUT2D eigenvalue weighted by molar-refractivity contribution is 0.00412. The first-order chi connectivity index (χ1) is 8.19. The third kappa shape index (κ3) is 4.64. The molecule has 0 amide bonds. The van der Waals surface area contributed by atoms with Crippen LogP contribution in [0.25, 0.3) is 0 Å². The van der Waals surface area contributed by atoms with Gasteiger partial charge in [0.05, 0.1) is 12.2 Å². The summed E-state index contributed by atoms with van der Waals surface area (Å²) in [5.74, 6) is 0. The molecule has 1 fully saturated rings. The number of nitrogens with one attached hydrogen (secondary N) is 1. The largest absolute Gasteiger partial charge is 0.369 e. The van der Waals surface area contributed by atoms with Crippen molar-refractivity contribution in [2.75, 3.05) is 6.54 Å². The highest BCUT2D eigenvalue weighted by Crippen LogP contribution is 2.21. The van der Waals surface area contributed by atoms with Gasteiger partial charge in [-0.2, -0.15) is 0 Å². The van der Waals surface area contributed by atoms with Crippen LogP contribution in [-0.4, -0.2) is 24.8 Å². The molecular formula is C15H27NO. The minimum absolute atomic E-state index is 0.191. The van der Waals surface area contributed by atoms with E-state index in [2.05, 4.69) is 51.2 Å². The molecule has 2 unspecified atom stereocenters. The molecule has 1 aliphatic heterocycles. The maximum atomic E-state index is 6.11. The van der Waals surface area contributed by atoms with Gasteiger partial charge in [0.1, 0.15) is 0 Å². The summed E-state index contributed by atoms with van der Waals surface area (Å²) in [5.41, 5.74) is 1.29. The van der Waals surface area contributed by atoms with Crippen molar-refractivity contribution < 1.29 is 4.74 Å². The lowest BCUT2D eigenvalue weighted by atomic mass is 9.94. The molecule has 1 aliphatic rings. The lowest BCUT2D eigenvalue weighted by Crippen LogP contribution is -2.46. The number of rotatable bonds is 5. The van der Waals surface area contributed by atoms with Crippen LogP contribution in [0.15, 0.2) is 23.8 Å². The van der Waals surface area contributed by atoms with Crippen LogP contribution in [0.3, 0.4) is 0 Å². The molecular weight excluding hydrogens is 210 g/mol. The molecule has 1 saturated heterocycles. The second-order valence-electron chi connectivity index (χ2n) is 4.95. The predicted octanol–water partition coefficient (Wildman–Crippen LogP) is 3.44. The summed E-state index contributed by atoms with van der Waals surface area (Å²) in [6.07, 6.45) is 10.7. The van der Waals surface area contributed by atoms with Crippen molar-refractivity contribution in [2.24, 2.45) is 0 Å². The molecule has 0 aromatic rings. The Labute approximate surface area is 106 Å². The summed E-state index contributed by atoms with van der Waals surface area (Å²) < 4.78 is 6.11. The first-order valence-electron chi connectivity index (χ1n) is 6.86. The molecule has 1 N–H and O–H groups in total. The SMILES string of the molecule is C/C=C\C(=C/C)C(OC(C)C)C1CCCCN1. The topological polar surface area (TPSA) is 21.3 Å². The van der Waals surface area contributed by atoms with Crippen LogP contribution in [0.5, 0.6) is 0 Å². The minimum atomic E-state index is 0.191. The van der Waals surface area contributed by atoms with Crippen molar-refractivity contribution in [3.63, 3.8) is 0 Å². The fraction of sp³-hybridized carbons (Fsp3) is 0.733. The molecule has 2 heteroatoms. The zero-order valence-electron chi connectivity index (χ0n) is 11.7. The summed E-state index contributed by atoms with van der Waals surface area (Å²) >= 11 is 0. The standard InChI is InChI=1S/C15H27NO/c1-5-9-13(6-2)15(17-12(3)4)14-10-7-8-11-16-14/h5-6,9,12,14-16H,7-8,10-11H2,1-4H3/b9-5-,13-6+. The Balaban J connectivity index is 2.77. The highest BCUT2D eigenvalue weighted by atomic mass is 16.5. The Kier molecular flexibility index (Phi) is 6.53. The van der Waals surface area contributed by atoms with E-state index in [0.29, 0.717) is 6.04 Å². The van der Waals surface area contributed by atoms with Gasteiger partial charge in [-0.15, -0.1) is 0 Å². The monoisotopic (exact) mass is 237 g/mol. The van der Waals surface area contributed by atoms with Crippen molar-refractivity contribution in [1.29, 1.82) is 0 Å². The quantitative estimate of drug-likeness (QED) is 0.740. The predicted molar refractivity (Wildman–Crippen MR) is 74.2 cm³/mol. The van der Waals surface area contributed by atoms with Gasteiger partial charge < -0.3 is 10.1 Å². The second kappa shape index (κ2) is 7.67. The van der Waals surface area contributed by atoms with Crippen molar-refractivity contribution >= 4 is 0 Å². The molecule has 0 spiro atoms. The Bertz CT molecular complexity index is 262. The Morgan fingerprint density at radius 3 is 2.53 bits per heavy atom.